The Morgan fingerprint density at radius 3 is 2.67 bits per heavy atom. The minimum Gasteiger partial charge on any atom is -0.460 e. The Balaban J connectivity index is 3.00. The molecular formula is C11H11ClO3. The number of hydrogen-bond donors (Lipinski definition) is 0. The highest BCUT2D eigenvalue weighted by molar-refractivity contribution is 6.41. The zero-order valence-electron chi connectivity index (χ0n) is 8.54. The smallest absolute Gasteiger partial charge is 0.379 e. The molecule has 0 saturated carbocycles. The van der Waals surface area contributed by atoms with Crippen molar-refractivity contribution in [2.75, 3.05) is 6.61 Å². The maximum absolute atomic E-state index is 11.6. The van der Waals surface area contributed by atoms with Gasteiger partial charge in [-0.2, -0.15) is 0 Å². The first kappa shape index (κ1) is 11.7. The Bertz CT molecular complexity index is 399. The maximum Gasteiger partial charge on any atom is 0.379 e. The van der Waals surface area contributed by atoms with Crippen molar-refractivity contribution in [1.82, 2.24) is 0 Å². The average molecular weight is 227 g/mol. The van der Waals surface area contributed by atoms with Crippen molar-refractivity contribution in [2.24, 2.45) is 0 Å². The Hall–Kier alpha value is -1.35. The average Bonchev–Trinajstić information content (AvgIpc) is 2.21. The molecule has 0 spiro atoms. The lowest BCUT2D eigenvalue weighted by Crippen LogP contribution is -2.18. The first-order valence-corrected chi connectivity index (χ1v) is 4.91. The van der Waals surface area contributed by atoms with Gasteiger partial charge in [-0.05, 0) is 31.5 Å². The lowest BCUT2D eigenvalue weighted by Gasteiger charge is -2.04. The summed E-state index contributed by atoms with van der Waals surface area (Å²) in [7, 11) is 0. The number of halogens is 1. The van der Waals surface area contributed by atoms with E-state index in [1.165, 1.54) is 6.07 Å². The van der Waals surface area contributed by atoms with Gasteiger partial charge >= 0.3 is 5.97 Å². The number of carbonyl (C=O) groups excluding carboxylic acids is 2. The fourth-order valence-corrected chi connectivity index (χ4v) is 1.32. The van der Waals surface area contributed by atoms with E-state index < -0.39 is 11.8 Å². The number of ketones is 1. The minimum atomic E-state index is -0.845. The van der Waals surface area contributed by atoms with Crippen LogP contribution in [0.3, 0.4) is 0 Å². The standard InChI is InChI=1S/C11H11ClO3/c1-3-15-11(14)10(13)9-6-8(12)5-4-7(9)2/h4-6H,3H2,1-2H3. The Morgan fingerprint density at radius 2 is 2.07 bits per heavy atom. The molecule has 4 heteroatoms. The van der Waals surface area contributed by atoms with Crippen molar-refractivity contribution in [2.45, 2.75) is 13.8 Å². The van der Waals surface area contributed by atoms with Crippen LogP contribution in [0.5, 0.6) is 0 Å². The van der Waals surface area contributed by atoms with Gasteiger partial charge in [0, 0.05) is 10.6 Å². The highest BCUT2D eigenvalue weighted by Gasteiger charge is 2.19. The van der Waals surface area contributed by atoms with Gasteiger partial charge in [0.15, 0.2) is 0 Å². The summed E-state index contributed by atoms with van der Waals surface area (Å²) in [6.45, 7) is 3.57. The molecule has 3 nitrogen and oxygen atoms in total. The number of rotatable bonds is 3. The zero-order chi connectivity index (χ0) is 11.4. The van der Waals surface area contributed by atoms with E-state index in [1.807, 2.05) is 0 Å². The van der Waals surface area contributed by atoms with Gasteiger partial charge in [-0.3, -0.25) is 4.79 Å². The molecule has 0 radical (unpaired) electrons. The quantitative estimate of drug-likeness (QED) is 0.452. The summed E-state index contributed by atoms with van der Waals surface area (Å²) >= 11 is 5.74. The molecule has 80 valence electrons. The number of aryl methyl sites for hydroxylation is 1. The lowest BCUT2D eigenvalue weighted by atomic mass is 10.1. The van der Waals surface area contributed by atoms with Crippen LogP contribution >= 0.6 is 11.6 Å². The van der Waals surface area contributed by atoms with E-state index in [9.17, 15) is 9.59 Å². The van der Waals surface area contributed by atoms with Crippen LogP contribution in [0.2, 0.25) is 5.02 Å². The molecule has 0 heterocycles. The molecule has 0 N–H and O–H groups in total. The third-order valence-electron chi connectivity index (χ3n) is 1.91. The van der Waals surface area contributed by atoms with E-state index in [0.29, 0.717) is 16.1 Å². The van der Waals surface area contributed by atoms with Gasteiger partial charge in [0.25, 0.3) is 5.78 Å². The largest absolute Gasteiger partial charge is 0.460 e. The predicted molar refractivity (Wildman–Crippen MR) is 57.2 cm³/mol. The Morgan fingerprint density at radius 1 is 1.40 bits per heavy atom. The monoisotopic (exact) mass is 226 g/mol. The predicted octanol–water partition coefficient (Wildman–Crippen LogP) is 2.39. The van der Waals surface area contributed by atoms with Crippen molar-refractivity contribution in [1.29, 1.82) is 0 Å². The molecule has 1 aromatic carbocycles. The first-order chi connectivity index (χ1) is 7.06. The SMILES string of the molecule is CCOC(=O)C(=O)c1cc(Cl)ccc1C. The molecule has 1 aromatic rings. The Kier molecular flexibility index (Phi) is 3.86. The van der Waals surface area contributed by atoms with Crippen LogP contribution in [0, 0.1) is 6.92 Å². The number of Topliss-reactive ketones (excluding diaryl/α,β-unsaturated/α-hetero) is 1. The molecule has 0 unspecified atom stereocenters. The second-order valence-electron chi connectivity index (χ2n) is 3.01. The van der Waals surface area contributed by atoms with Crippen molar-refractivity contribution in [3.63, 3.8) is 0 Å². The first-order valence-electron chi connectivity index (χ1n) is 4.54. The van der Waals surface area contributed by atoms with Crippen molar-refractivity contribution in [3.8, 4) is 0 Å². The topological polar surface area (TPSA) is 43.4 Å². The fraction of sp³-hybridized carbons (Fsp3) is 0.273. The molecule has 0 saturated heterocycles. The molecule has 0 amide bonds. The third-order valence-corrected chi connectivity index (χ3v) is 2.14. The molecule has 0 bridgehead atoms. The molecule has 1 rings (SSSR count). The van der Waals surface area contributed by atoms with Crippen LogP contribution in [0.4, 0.5) is 0 Å². The molecule has 0 aromatic heterocycles. The van der Waals surface area contributed by atoms with Gasteiger partial charge in [-0.1, -0.05) is 17.7 Å². The summed E-state index contributed by atoms with van der Waals surface area (Å²) in [5.74, 6) is -1.50. The van der Waals surface area contributed by atoms with Crippen molar-refractivity contribution < 1.29 is 14.3 Å². The van der Waals surface area contributed by atoms with E-state index in [1.54, 1.807) is 26.0 Å². The van der Waals surface area contributed by atoms with Gasteiger partial charge in [0.1, 0.15) is 0 Å². The van der Waals surface area contributed by atoms with Crippen LogP contribution in [0.1, 0.15) is 22.8 Å². The van der Waals surface area contributed by atoms with E-state index in [4.69, 9.17) is 11.6 Å². The Labute approximate surface area is 93.0 Å². The molecule has 0 aliphatic heterocycles. The summed E-state index contributed by atoms with van der Waals surface area (Å²) in [4.78, 5) is 22.8. The highest BCUT2D eigenvalue weighted by Crippen LogP contribution is 2.16. The van der Waals surface area contributed by atoms with Gasteiger partial charge < -0.3 is 4.74 Å². The van der Waals surface area contributed by atoms with Gasteiger partial charge in [0.05, 0.1) is 6.61 Å². The van der Waals surface area contributed by atoms with Crippen LogP contribution in [0.15, 0.2) is 18.2 Å². The molecule has 0 aliphatic carbocycles. The zero-order valence-corrected chi connectivity index (χ0v) is 9.30. The molecular weight excluding hydrogens is 216 g/mol. The maximum atomic E-state index is 11.6. The second-order valence-corrected chi connectivity index (χ2v) is 3.45. The van der Waals surface area contributed by atoms with E-state index >= 15 is 0 Å². The van der Waals surface area contributed by atoms with E-state index in [-0.39, 0.29) is 6.61 Å². The van der Waals surface area contributed by atoms with Gasteiger partial charge in [-0.25, -0.2) is 4.79 Å². The van der Waals surface area contributed by atoms with Crippen LogP contribution in [-0.2, 0) is 9.53 Å². The molecule has 15 heavy (non-hydrogen) atoms. The molecule has 0 atom stereocenters. The van der Waals surface area contributed by atoms with Crippen molar-refractivity contribution >= 4 is 23.4 Å². The number of esters is 1. The molecule has 0 aliphatic rings. The number of carbonyl (C=O) groups is 2. The van der Waals surface area contributed by atoms with Crippen LogP contribution in [-0.4, -0.2) is 18.4 Å². The number of benzene rings is 1. The summed E-state index contributed by atoms with van der Waals surface area (Å²) in [6.07, 6.45) is 0. The van der Waals surface area contributed by atoms with Crippen molar-refractivity contribution in [3.05, 3.63) is 34.3 Å². The normalized spacial score (nSPS) is 9.80. The summed E-state index contributed by atoms with van der Waals surface area (Å²) in [6, 6.07) is 4.82. The summed E-state index contributed by atoms with van der Waals surface area (Å²) in [5.41, 5.74) is 0.999. The minimum absolute atomic E-state index is 0.185. The fourth-order valence-electron chi connectivity index (χ4n) is 1.15. The number of ether oxygens (including phenoxy) is 1. The summed E-state index contributed by atoms with van der Waals surface area (Å²) in [5, 5.41) is 0.424. The second kappa shape index (κ2) is 4.94. The van der Waals surface area contributed by atoms with Crippen LogP contribution < -0.4 is 0 Å². The van der Waals surface area contributed by atoms with Gasteiger partial charge in [0.2, 0.25) is 0 Å². The lowest BCUT2D eigenvalue weighted by molar-refractivity contribution is -0.137. The number of hydrogen-bond acceptors (Lipinski definition) is 3. The third kappa shape index (κ3) is 2.80. The van der Waals surface area contributed by atoms with E-state index in [0.717, 1.165) is 0 Å². The van der Waals surface area contributed by atoms with Crippen LogP contribution in [0.25, 0.3) is 0 Å². The molecule has 0 fully saturated rings. The highest BCUT2D eigenvalue weighted by atomic mass is 35.5. The summed E-state index contributed by atoms with van der Waals surface area (Å²) < 4.78 is 4.62. The van der Waals surface area contributed by atoms with Gasteiger partial charge in [-0.15, -0.1) is 0 Å². The van der Waals surface area contributed by atoms with E-state index in [2.05, 4.69) is 4.74 Å².